The highest BCUT2D eigenvalue weighted by atomic mass is 19.1. The number of fused-ring (bicyclic) bond motifs is 5. The smallest absolute Gasteiger partial charge is 0.351 e. The van der Waals surface area contributed by atoms with Crippen molar-refractivity contribution in [3.05, 3.63) is 35.2 Å². The minimum Gasteiger partial charge on any atom is -0.466 e. The van der Waals surface area contributed by atoms with Crippen molar-refractivity contribution in [1.29, 1.82) is 0 Å². The molecule has 4 aliphatic carbocycles. The highest BCUT2D eigenvalue weighted by molar-refractivity contribution is 6.04. The molecule has 4 aliphatic rings. The fraction of sp³-hybridized carbons (Fsp3) is 0.640. The predicted octanol–water partition coefficient (Wildman–Crippen LogP) is 4.57. The van der Waals surface area contributed by atoms with Crippen LogP contribution in [-0.2, 0) is 23.9 Å². The molecule has 2 fully saturated rings. The van der Waals surface area contributed by atoms with Crippen LogP contribution in [0.2, 0.25) is 0 Å². The number of hydrogen-bond donors (Lipinski definition) is 0. The predicted molar refractivity (Wildman–Crippen MR) is 113 cm³/mol. The zero-order valence-corrected chi connectivity index (χ0v) is 19.2. The minimum absolute atomic E-state index is 0.0250. The molecule has 0 bridgehead atoms. The van der Waals surface area contributed by atoms with E-state index in [9.17, 15) is 18.8 Å². The standard InChI is InChI=1S/C25H30F2O5/c1-6-19(29)32-25(22(30)31-5)13(2)11-16-14-12-17(26)20-21(27)18(28)8-9-23(20,3)15(14)7-10-24(16,25)4/h7-9,13-14,16-17H,6,10-12H2,1-5H3/t13-,14+,16-,17-,23+,24-,25-/m0/s1. The second kappa shape index (κ2) is 7.35. The van der Waals surface area contributed by atoms with Gasteiger partial charge < -0.3 is 9.47 Å². The third kappa shape index (κ3) is 2.69. The van der Waals surface area contributed by atoms with Crippen LogP contribution in [0.1, 0.15) is 53.4 Å². The first-order chi connectivity index (χ1) is 15.0. The van der Waals surface area contributed by atoms with Gasteiger partial charge in [-0.15, -0.1) is 0 Å². The average Bonchev–Trinajstić information content (AvgIpc) is 2.98. The highest BCUT2D eigenvalue weighted by Crippen LogP contribution is 2.68. The van der Waals surface area contributed by atoms with Gasteiger partial charge in [-0.05, 0) is 44.1 Å². The van der Waals surface area contributed by atoms with Crippen molar-refractivity contribution in [2.24, 2.45) is 28.6 Å². The van der Waals surface area contributed by atoms with Crippen molar-refractivity contribution in [2.75, 3.05) is 7.11 Å². The number of rotatable bonds is 3. The summed E-state index contributed by atoms with van der Waals surface area (Å²) in [5, 5.41) is 0. The Labute approximate surface area is 186 Å². The van der Waals surface area contributed by atoms with Gasteiger partial charge in [0, 0.05) is 28.7 Å². The molecule has 32 heavy (non-hydrogen) atoms. The summed E-state index contributed by atoms with van der Waals surface area (Å²) in [6.07, 6.45) is 4.19. The third-order valence-corrected chi connectivity index (χ3v) is 8.61. The molecule has 4 rings (SSSR count). The quantitative estimate of drug-likeness (QED) is 0.467. The van der Waals surface area contributed by atoms with Crippen LogP contribution in [0.15, 0.2) is 35.2 Å². The van der Waals surface area contributed by atoms with Gasteiger partial charge >= 0.3 is 11.9 Å². The van der Waals surface area contributed by atoms with Crippen LogP contribution in [-0.4, -0.2) is 36.6 Å². The van der Waals surface area contributed by atoms with Gasteiger partial charge in [0.25, 0.3) is 0 Å². The van der Waals surface area contributed by atoms with Crippen molar-refractivity contribution in [3.8, 4) is 0 Å². The lowest BCUT2D eigenvalue weighted by atomic mass is 9.51. The van der Waals surface area contributed by atoms with Crippen LogP contribution in [0.4, 0.5) is 8.78 Å². The highest BCUT2D eigenvalue weighted by Gasteiger charge is 2.71. The molecule has 0 N–H and O–H groups in total. The van der Waals surface area contributed by atoms with Gasteiger partial charge in [-0.1, -0.05) is 38.5 Å². The number of ketones is 1. The van der Waals surface area contributed by atoms with Gasteiger partial charge in [0.2, 0.25) is 11.4 Å². The normalized spacial score (nSPS) is 42.6. The van der Waals surface area contributed by atoms with Crippen molar-refractivity contribution in [2.45, 2.75) is 65.2 Å². The summed E-state index contributed by atoms with van der Waals surface area (Å²) >= 11 is 0. The Morgan fingerprint density at radius 2 is 1.94 bits per heavy atom. The molecular weight excluding hydrogens is 418 g/mol. The van der Waals surface area contributed by atoms with Crippen molar-refractivity contribution in [1.82, 2.24) is 0 Å². The summed E-state index contributed by atoms with van der Waals surface area (Å²) in [7, 11) is 1.28. The molecule has 0 spiro atoms. The number of hydrogen-bond acceptors (Lipinski definition) is 5. The zero-order valence-electron chi connectivity index (χ0n) is 19.2. The Morgan fingerprint density at radius 1 is 1.25 bits per heavy atom. The molecule has 7 heteroatoms. The lowest BCUT2D eigenvalue weighted by molar-refractivity contribution is -0.203. The fourth-order valence-corrected chi connectivity index (χ4v) is 7.05. The molecule has 0 saturated heterocycles. The van der Waals surface area contributed by atoms with Crippen LogP contribution in [0.3, 0.4) is 0 Å². The Kier molecular flexibility index (Phi) is 5.26. The number of methoxy groups -OCH3 is 1. The van der Waals surface area contributed by atoms with Gasteiger partial charge in [0.1, 0.15) is 6.17 Å². The zero-order chi connectivity index (χ0) is 23.6. The summed E-state index contributed by atoms with van der Waals surface area (Å²) in [5.74, 6) is -3.68. The summed E-state index contributed by atoms with van der Waals surface area (Å²) in [6.45, 7) is 7.20. The van der Waals surface area contributed by atoms with Gasteiger partial charge in [-0.2, -0.15) is 0 Å². The van der Waals surface area contributed by atoms with E-state index >= 15 is 4.39 Å². The van der Waals surface area contributed by atoms with Crippen molar-refractivity contribution >= 4 is 17.7 Å². The maximum Gasteiger partial charge on any atom is 0.351 e. The Bertz CT molecular complexity index is 981. The van der Waals surface area contributed by atoms with E-state index in [1.807, 2.05) is 19.9 Å². The number of carbonyl (C=O) groups is 3. The van der Waals surface area contributed by atoms with E-state index in [0.29, 0.717) is 12.8 Å². The Balaban J connectivity index is 1.86. The van der Waals surface area contributed by atoms with Gasteiger partial charge in [0.05, 0.1) is 7.11 Å². The summed E-state index contributed by atoms with van der Waals surface area (Å²) in [4.78, 5) is 37.4. The van der Waals surface area contributed by atoms with Crippen LogP contribution in [0.25, 0.3) is 0 Å². The Morgan fingerprint density at radius 3 is 2.56 bits per heavy atom. The molecular formula is C25H30F2O5. The van der Waals surface area contributed by atoms with Crippen LogP contribution >= 0.6 is 0 Å². The largest absolute Gasteiger partial charge is 0.466 e. The SMILES string of the molecule is CCC(=O)O[C@]1(C(=O)OC)[C@@H](C)C[C@H]2[C@@H]3C[C@H](F)C4=C(F)C(=O)C=C[C@]4(C)C3=CC[C@@]21C. The second-order valence-corrected chi connectivity index (χ2v) is 10.0. The second-order valence-electron chi connectivity index (χ2n) is 10.0. The average molecular weight is 449 g/mol. The van der Waals surface area contributed by atoms with E-state index in [4.69, 9.17) is 9.47 Å². The van der Waals surface area contributed by atoms with E-state index in [0.717, 1.165) is 5.57 Å². The first-order valence-corrected chi connectivity index (χ1v) is 11.3. The maximum absolute atomic E-state index is 15.4. The number of esters is 2. The summed E-state index contributed by atoms with van der Waals surface area (Å²) < 4.78 is 41.2. The molecule has 7 atom stereocenters. The molecule has 0 aliphatic heterocycles. The third-order valence-electron chi connectivity index (χ3n) is 8.61. The van der Waals surface area contributed by atoms with Crippen LogP contribution in [0.5, 0.6) is 0 Å². The maximum atomic E-state index is 15.4. The number of alkyl halides is 1. The van der Waals surface area contributed by atoms with Crippen molar-refractivity contribution in [3.63, 3.8) is 0 Å². The van der Waals surface area contributed by atoms with E-state index in [1.165, 1.54) is 13.2 Å². The summed E-state index contributed by atoms with van der Waals surface area (Å²) in [6, 6.07) is 0. The van der Waals surface area contributed by atoms with Crippen LogP contribution < -0.4 is 0 Å². The molecule has 0 amide bonds. The lowest BCUT2D eigenvalue weighted by Gasteiger charge is -2.54. The number of ether oxygens (including phenoxy) is 2. The van der Waals surface area contributed by atoms with E-state index < -0.39 is 46.2 Å². The van der Waals surface area contributed by atoms with Gasteiger partial charge in [-0.25, -0.2) is 13.6 Å². The molecule has 0 aromatic carbocycles. The van der Waals surface area contributed by atoms with E-state index in [-0.39, 0.29) is 36.2 Å². The first-order valence-electron chi connectivity index (χ1n) is 11.3. The first kappa shape index (κ1) is 22.9. The molecule has 0 unspecified atom stereocenters. The van der Waals surface area contributed by atoms with E-state index in [1.54, 1.807) is 19.9 Å². The Hall–Kier alpha value is -2.31. The summed E-state index contributed by atoms with van der Waals surface area (Å²) in [5.41, 5.74) is -2.53. The molecule has 0 aromatic rings. The topological polar surface area (TPSA) is 69.7 Å². The fourth-order valence-electron chi connectivity index (χ4n) is 7.05. The minimum atomic E-state index is -1.61. The van der Waals surface area contributed by atoms with E-state index in [2.05, 4.69) is 0 Å². The molecule has 0 aromatic heterocycles. The lowest BCUT2D eigenvalue weighted by Crippen LogP contribution is -2.59. The number of allylic oxidation sites excluding steroid dienone is 6. The molecule has 2 saturated carbocycles. The van der Waals surface area contributed by atoms with Crippen molar-refractivity contribution < 1.29 is 32.6 Å². The molecule has 5 nitrogen and oxygen atoms in total. The van der Waals surface area contributed by atoms with Gasteiger partial charge in [-0.3, -0.25) is 9.59 Å². The monoisotopic (exact) mass is 448 g/mol. The molecule has 0 radical (unpaired) electrons. The molecule has 174 valence electrons. The van der Waals surface area contributed by atoms with Crippen LogP contribution in [0, 0.1) is 28.6 Å². The number of carbonyl (C=O) groups excluding carboxylic acids is 3. The number of halogens is 2. The van der Waals surface area contributed by atoms with Gasteiger partial charge in [0.15, 0.2) is 5.83 Å². The molecule has 0 heterocycles.